The molecule has 4 aliphatic carbocycles. The van der Waals surface area contributed by atoms with E-state index in [0.717, 1.165) is 30.6 Å². The highest BCUT2D eigenvalue weighted by atomic mass is 35.5. The van der Waals surface area contributed by atoms with E-state index in [0.29, 0.717) is 33.7 Å². The Labute approximate surface area is 235 Å². The van der Waals surface area contributed by atoms with Crippen LogP contribution in [0.4, 0.5) is 0 Å². The fourth-order valence-electron chi connectivity index (χ4n) is 8.89. The highest BCUT2D eigenvalue weighted by Gasteiger charge is 2.56. The third kappa shape index (κ3) is 5.05. The summed E-state index contributed by atoms with van der Waals surface area (Å²) in [5.41, 5.74) is 5.56. The Morgan fingerprint density at radius 1 is 1.05 bits per heavy atom. The molecule has 206 valence electrons. The van der Waals surface area contributed by atoms with Crippen LogP contribution >= 0.6 is 11.6 Å². The average molecular weight is 535 g/mol. The molecule has 2 unspecified atom stereocenters. The molecule has 0 bridgehead atoms. The number of hydrogen-bond donors (Lipinski definition) is 1. The first kappa shape index (κ1) is 27.7. The minimum absolute atomic E-state index is 0.249. The molecule has 2 fully saturated rings. The van der Waals surface area contributed by atoms with E-state index in [1.54, 1.807) is 11.8 Å². The Balaban J connectivity index is 1.31. The van der Waals surface area contributed by atoms with Crippen molar-refractivity contribution in [3.63, 3.8) is 0 Å². The third-order valence-electron chi connectivity index (χ3n) is 11.5. The van der Waals surface area contributed by atoms with Crippen molar-refractivity contribution in [1.82, 2.24) is 4.98 Å². The first-order valence-electron chi connectivity index (χ1n) is 15.0. The molecule has 3 nitrogen and oxygen atoms in total. The normalized spacial score (nSPS) is 37.2. The van der Waals surface area contributed by atoms with Crippen molar-refractivity contribution in [3.05, 3.63) is 64.5 Å². The highest BCUT2D eigenvalue weighted by molar-refractivity contribution is 6.29. The lowest BCUT2D eigenvalue weighted by molar-refractivity contribution is 0.0557. The molecule has 9 atom stereocenters. The van der Waals surface area contributed by atoms with E-state index in [1.807, 2.05) is 17.8 Å². The van der Waals surface area contributed by atoms with Crippen LogP contribution < -0.4 is 0 Å². The molecule has 4 heteroatoms. The smallest absolute Gasteiger partial charge is 0.129 e. The molecular weight excluding hydrogens is 488 g/mol. The predicted octanol–water partition coefficient (Wildman–Crippen LogP) is 9.32. The Kier molecular flexibility index (Phi) is 7.98. The van der Waals surface area contributed by atoms with Gasteiger partial charge in [-0.25, -0.2) is 4.98 Å². The predicted molar refractivity (Wildman–Crippen MR) is 159 cm³/mol. The van der Waals surface area contributed by atoms with E-state index in [4.69, 9.17) is 16.8 Å². The van der Waals surface area contributed by atoms with Crippen molar-refractivity contribution in [2.24, 2.45) is 57.4 Å². The standard InChI is InChI=1S/C34H47ClN2O/c1-22(24(3)20-37-38)6-7-23(2)29-11-12-30-28-10-9-27-19-25(18-26-8-13-32(35)36-21-26)14-16-33(27,4)31(28)15-17-34(29,30)5/h6-8,10,13,19-25,29-31,38H,9,11-12,14-18H2,1-5H3/b7-6+,37-20+/t22-,23-,24?,25?,29-,30+,31+,33+,34-/m1/s1. The van der Waals surface area contributed by atoms with Crippen molar-refractivity contribution in [3.8, 4) is 0 Å². The van der Waals surface area contributed by atoms with Crippen molar-refractivity contribution in [1.29, 1.82) is 0 Å². The zero-order chi connectivity index (χ0) is 27.1. The maximum absolute atomic E-state index is 8.90. The lowest BCUT2D eigenvalue weighted by Crippen LogP contribution is -2.46. The summed E-state index contributed by atoms with van der Waals surface area (Å²) in [5.74, 6) is 4.04. The zero-order valence-electron chi connectivity index (χ0n) is 24.0. The van der Waals surface area contributed by atoms with Gasteiger partial charge in [0.1, 0.15) is 5.15 Å². The molecule has 5 rings (SSSR count). The minimum atomic E-state index is 0.249. The quantitative estimate of drug-likeness (QED) is 0.124. The fraction of sp³-hybridized carbons (Fsp3) is 0.647. The van der Waals surface area contributed by atoms with Crippen LogP contribution in [0.25, 0.3) is 0 Å². The van der Waals surface area contributed by atoms with E-state index in [2.05, 4.69) is 75.1 Å². The van der Waals surface area contributed by atoms with Crippen molar-refractivity contribution in [2.45, 2.75) is 86.0 Å². The van der Waals surface area contributed by atoms with Gasteiger partial charge in [0, 0.05) is 18.3 Å². The summed E-state index contributed by atoms with van der Waals surface area (Å²) in [6, 6.07) is 4.06. The van der Waals surface area contributed by atoms with Gasteiger partial charge in [0.2, 0.25) is 0 Å². The van der Waals surface area contributed by atoms with Gasteiger partial charge in [0.05, 0.1) is 0 Å². The number of fused-ring (bicyclic) bond motifs is 5. The minimum Gasteiger partial charge on any atom is -0.411 e. The molecule has 0 saturated heterocycles. The van der Waals surface area contributed by atoms with Gasteiger partial charge in [-0.1, -0.05) is 87.7 Å². The Bertz CT molecular complexity index is 1120. The molecule has 2 saturated carbocycles. The second kappa shape index (κ2) is 11.0. The molecule has 1 aromatic rings. The van der Waals surface area contributed by atoms with Crippen LogP contribution in [0, 0.1) is 52.3 Å². The summed E-state index contributed by atoms with van der Waals surface area (Å²) in [6.45, 7) is 12.0. The largest absolute Gasteiger partial charge is 0.411 e. The van der Waals surface area contributed by atoms with E-state index >= 15 is 0 Å². The molecule has 0 aliphatic heterocycles. The lowest BCUT2D eigenvalue weighted by Gasteiger charge is -2.55. The van der Waals surface area contributed by atoms with Crippen LogP contribution in [0.1, 0.15) is 85.1 Å². The summed E-state index contributed by atoms with van der Waals surface area (Å²) in [4.78, 5) is 4.30. The molecule has 0 spiro atoms. The summed E-state index contributed by atoms with van der Waals surface area (Å²) in [6.07, 6.45) is 23.9. The number of nitrogens with zero attached hydrogens (tertiary/aromatic N) is 2. The Morgan fingerprint density at radius 2 is 1.87 bits per heavy atom. The number of rotatable bonds is 7. The summed E-state index contributed by atoms with van der Waals surface area (Å²) in [7, 11) is 0. The molecule has 1 heterocycles. The van der Waals surface area contributed by atoms with Crippen LogP contribution in [0.5, 0.6) is 0 Å². The van der Waals surface area contributed by atoms with E-state index in [9.17, 15) is 0 Å². The van der Waals surface area contributed by atoms with E-state index in [-0.39, 0.29) is 5.92 Å². The number of aromatic nitrogens is 1. The molecule has 4 aliphatic rings. The first-order chi connectivity index (χ1) is 18.2. The molecule has 1 aromatic heterocycles. The maximum Gasteiger partial charge on any atom is 0.129 e. The van der Waals surface area contributed by atoms with Gasteiger partial charge < -0.3 is 5.21 Å². The Hall–Kier alpha value is -1.87. The summed E-state index contributed by atoms with van der Waals surface area (Å²) in [5, 5.41) is 12.7. The van der Waals surface area contributed by atoms with Gasteiger partial charge in [-0.15, -0.1) is 5.16 Å². The van der Waals surface area contributed by atoms with E-state index in [1.165, 1.54) is 44.1 Å². The number of oxime groups is 1. The average Bonchev–Trinajstić information content (AvgIpc) is 3.26. The first-order valence-corrected chi connectivity index (χ1v) is 15.4. The van der Waals surface area contributed by atoms with Gasteiger partial charge in [-0.05, 0) is 109 Å². The molecule has 0 radical (unpaired) electrons. The van der Waals surface area contributed by atoms with Gasteiger partial charge in [0.25, 0.3) is 0 Å². The van der Waals surface area contributed by atoms with Crippen LogP contribution in [-0.4, -0.2) is 16.4 Å². The topological polar surface area (TPSA) is 45.5 Å². The number of allylic oxidation sites excluding steroid dienone is 6. The SMILES string of the molecule is CC(/C=N/O)[C@H](C)/C=C/[C@@H](C)[C@H]1CC[C@H]2C3=CCC4=CC(Cc5ccc(Cl)nc5)CC[C@]4(C)[C@H]3CC[C@]12C. The highest BCUT2D eigenvalue weighted by Crippen LogP contribution is 2.66. The third-order valence-corrected chi connectivity index (χ3v) is 11.7. The van der Waals surface area contributed by atoms with Crippen LogP contribution in [-0.2, 0) is 6.42 Å². The molecule has 1 N–H and O–H groups in total. The van der Waals surface area contributed by atoms with Crippen LogP contribution in [0.15, 0.2) is 58.9 Å². The fourth-order valence-corrected chi connectivity index (χ4v) is 9.00. The zero-order valence-corrected chi connectivity index (χ0v) is 24.8. The van der Waals surface area contributed by atoms with Gasteiger partial charge in [-0.2, -0.15) is 0 Å². The van der Waals surface area contributed by atoms with Crippen LogP contribution in [0.3, 0.4) is 0 Å². The summed E-state index contributed by atoms with van der Waals surface area (Å²) < 4.78 is 0. The Morgan fingerprint density at radius 3 is 2.61 bits per heavy atom. The van der Waals surface area contributed by atoms with Crippen molar-refractivity contribution >= 4 is 17.8 Å². The molecule has 0 amide bonds. The molecule has 38 heavy (non-hydrogen) atoms. The monoisotopic (exact) mass is 534 g/mol. The number of pyridine rings is 1. The molecular formula is C34H47ClN2O. The lowest BCUT2D eigenvalue weighted by atomic mass is 9.49. The van der Waals surface area contributed by atoms with Crippen molar-refractivity contribution < 1.29 is 5.21 Å². The second-order valence-electron chi connectivity index (χ2n) is 13.6. The summed E-state index contributed by atoms with van der Waals surface area (Å²) >= 11 is 6.01. The van der Waals surface area contributed by atoms with Gasteiger partial charge in [0.15, 0.2) is 0 Å². The van der Waals surface area contributed by atoms with Crippen molar-refractivity contribution in [2.75, 3.05) is 0 Å². The van der Waals surface area contributed by atoms with Gasteiger partial charge in [-0.3, -0.25) is 0 Å². The maximum atomic E-state index is 8.90. The number of halogens is 1. The number of hydrogen-bond acceptors (Lipinski definition) is 3. The van der Waals surface area contributed by atoms with E-state index < -0.39 is 0 Å². The molecule has 0 aromatic carbocycles. The second-order valence-corrected chi connectivity index (χ2v) is 14.0. The van der Waals surface area contributed by atoms with Crippen LogP contribution in [0.2, 0.25) is 5.15 Å². The van der Waals surface area contributed by atoms with Gasteiger partial charge >= 0.3 is 0 Å².